The van der Waals surface area contributed by atoms with Crippen molar-refractivity contribution >= 4 is 33.5 Å². The Labute approximate surface area is 149 Å². The van der Waals surface area contributed by atoms with E-state index in [0.29, 0.717) is 12.5 Å². The molecule has 0 aliphatic heterocycles. The molecule has 25 heavy (non-hydrogen) atoms. The van der Waals surface area contributed by atoms with Crippen molar-refractivity contribution in [3.63, 3.8) is 0 Å². The number of nitrogens with one attached hydrogen (secondary N) is 1. The van der Waals surface area contributed by atoms with Crippen molar-refractivity contribution in [3.8, 4) is 11.1 Å². The van der Waals surface area contributed by atoms with Crippen LogP contribution in [0.1, 0.15) is 24.6 Å². The van der Waals surface area contributed by atoms with Gasteiger partial charge in [-0.25, -0.2) is 14.8 Å². The van der Waals surface area contributed by atoms with Gasteiger partial charge in [-0.05, 0) is 18.4 Å². The van der Waals surface area contributed by atoms with Gasteiger partial charge in [0.2, 0.25) is 0 Å². The molecule has 0 atom stereocenters. The summed E-state index contributed by atoms with van der Waals surface area (Å²) >= 11 is 1.63. The van der Waals surface area contributed by atoms with Crippen molar-refractivity contribution in [2.45, 2.75) is 18.8 Å². The average molecular weight is 354 g/mol. The second-order valence-electron chi connectivity index (χ2n) is 5.99. The molecule has 1 saturated carbocycles. The number of aromatic nitrogens is 2. The summed E-state index contributed by atoms with van der Waals surface area (Å²) < 4.78 is 4.80. The summed E-state index contributed by atoms with van der Waals surface area (Å²) in [7, 11) is 0. The Morgan fingerprint density at radius 1 is 1.28 bits per heavy atom. The molecule has 3 N–H and O–H groups in total. The average Bonchev–Trinajstić information content (AvgIpc) is 3.38. The number of carbonyl (C=O) groups is 1. The Balaban J connectivity index is 1.71. The van der Waals surface area contributed by atoms with Crippen molar-refractivity contribution in [1.82, 2.24) is 9.97 Å². The molecular weight excluding hydrogens is 336 g/mol. The SMILES string of the molecule is NC(=O)OCCNc1nc(C2CC2)nc2scc(-c3ccccc3)c12. The Bertz CT molecular complexity index is 906. The third-order valence-corrected chi connectivity index (χ3v) is 4.99. The van der Waals surface area contributed by atoms with E-state index >= 15 is 0 Å². The van der Waals surface area contributed by atoms with E-state index in [4.69, 9.17) is 20.4 Å². The summed E-state index contributed by atoms with van der Waals surface area (Å²) in [5.74, 6) is 2.15. The molecule has 1 fully saturated rings. The van der Waals surface area contributed by atoms with Gasteiger partial charge in [-0.15, -0.1) is 11.3 Å². The van der Waals surface area contributed by atoms with Crippen LogP contribution in [-0.2, 0) is 4.74 Å². The molecule has 0 saturated heterocycles. The van der Waals surface area contributed by atoms with Crippen molar-refractivity contribution in [2.75, 3.05) is 18.5 Å². The van der Waals surface area contributed by atoms with E-state index in [1.54, 1.807) is 11.3 Å². The summed E-state index contributed by atoms with van der Waals surface area (Å²) in [5.41, 5.74) is 7.25. The molecule has 128 valence electrons. The largest absolute Gasteiger partial charge is 0.448 e. The van der Waals surface area contributed by atoms with Gasteiger partial charge in [0.25, 0.3) is 0 Å². The van der Waals surface area contributed by atoms with Gasteiger partial charge in [-0.2, -0.15) is 0 Å². The van der Waals surface area contributed by atoms with Gasteiger partial charge in [0.15, 0.2) is 0 Å². The van der Waals surface area contributed by atoms with Crippen LogP contribution in [-0.4, -0.2) is 29.2 Å². The minimum absolute atomic E-state index is 0.199. The summed E-state index contributed by atoms with van der Waals surface area (Å²) in [5, 5.41) is 6.42. The highest BCUT2D eigenvalue weighted by Crippen LogP contribution is 2.42. The number of rotatable bonds is 6. The highest BCUT2D eigenvalue weighted by Gasteiger charge is 2.28. The molecule has 7 heteroatoms. The third kappa shape index (κ3) is 3.41. The van der Waals surface area contributed by atoms with E-state index in [9.17, 15) is 4.79 Å². The number of hydrogen-bond donors (Lipinski definition) is 2. The van der Waals surface area contributed by atoms with Crippen LogP contribution in [0.25, 0.3) is 21.3 Å². The normalized spacial score (nSPS) is 13.8. The van der Waals surface area contributed by atoms with Gasteiger partial charge in [0.05, 0.1) is 11.9 Å². The molecule has 4 rings (SSSR count). The molecule has 1 aliphatic rings. The standard InChI is InChI=1S/C18H18N4O2S/c19-18(23)24-9-8-20-16-14-13(11-4-2-1-3-5-11)10-25-17(14)22-15(21-16)12-6-7-12/h1-5,10,12H,6-9H2,(H2,19,23)(H,20,21,22). The van der Waals surface area contributed by atoms with E-state index in [1.165, 1.54) is 0 Å². The zero-order chi connectivity index (χ0) is 17.2. The first-order valence-electron chi connectivity index (χ1n) is 8.23. The second-order valence-corrected chi connectivity index (χ2v) is 6.85. The highest BCUT2D eigenvalue weighted by atomic mass is 32.1. The monoisotopic (exact) mass is 354 g/mol. The van der Waals surface area contributed by atoms with E-state index in [-0.39, 0.29) is 6.61 Å². The van der Waals surface area contributed by atoms with E-state index in [0.717, 1.165) is 45.8 Å². The van der Waals surface area contributed by atoms with Gasteiger partial charge in [0, 0.05) is 16.9 Å². The first-order valence-corrected chi connectivity index (χ1v) is 9.11. The van der Waals surface area contributed by atoms with E-state index < -0.39 is 6.09 Å². The lowest BCUT2D eigenvalue weighted by atomic mass is 10.1. The van der Waals surface area contributed by atoms with Crippen molar-refractivity contribution < 1.29 is 9.53 Å². The molecule has 0 bridgehead atoms. The van der Waals surface area contributed by atoms with Crippen LogP contribution in [0.15, 0.2) is 35.7 Å². The van der Waals surface area contributed by atoms with Crippen LogP contribution in [0.3, 0.4) is 0 Å². The quantitative estimate of drug-likeness (QED) is 0.658. The molecule has 3 aromatic rings. The Hall–Kier alpha value is -2.67. The molecule has 0 spiro atoms. The van der Waals surface area contributed by atoms with Gasteiger partial charge < -0.3 is 15.8 Å². The summed E-state index contributed by atoms with van der Waals surface area (Å²) in [4.78, 5) is 21.2. The van der Waals surface area contributed by atoms with Gasteiger partial charge in [0.1, 0.15) is 23.1 Å². The van der Waals surface area contributed by atoms with E-state index in [1.807, 2.05) is 18.2 Å². The number of anilines is 1. The van der Waals surface area contributed by atoms with Gasteiger partial charge in [-0.1, -0.05) is 30.3 Å². The lowest BCUT2D eigenvalue weighted by molar-refractivity contribution is 0.161. The zero-order valence-corrected chi connectivity index (χ0v) is 14.4. The van der Waals surface area contributed by atoms with Crippen LogP contribution in [0, 0.1) is 0 Å². The van der Waals surface area contributed by atoms with Crippen LogP contribution in [0.5, 0.6) is 0 Å². The molecule has 2 heterocycles. The number of benzene rings is 1. The molecule has 1 amide bonds. The second kappa shape index (κ2) is 6.68. The van der Waals surface area contributed by atoms with Crippen LogP contribution >= 0.6 is 11.3 Å². The number of thiophene rings is 1. The number of carbonyl (C=O) groups excluding carboxylic acids is 1. The summed E-state index contributed by atoms with van der Waals surface area (Å²) in [6.45, 7) is 0.646. The third-order valence-electron chi connectivity index (χ3n) is 4.12. The predicted octanol–water partition coefficient (Wildman–Crippen LogP) is 3.74. The first-order chi connectivity index (χ1) is 12.2. The Morgan fingerprint density at radius 3 is 2.80 bits per heavy atom. The molecule has 1 aromatic carbocycles. The van der Waals surface area contributed by atoms with Crippen LogP contribution in [0.4, 0.5) is 10.6 Å². The molecule has 6 nitrogen and oxygen atoms in total. The number of primary amides is 1. The number of hydrogen-bond acceptors (Lipinski definition) is 6. The predicted molar refractivity (Wildman–Crippen MR) is 98.9 cm³/mol. The fourth-order valence-electron chi connectivity index (χ4n) is 2.76. The lowest BCUT2D eigenvalue weighted by Crippen LogP contribution is -2.19. The number of fused-ring (bicyclic) bond motifs is 1. The molecule has 0 unspecified atom stereocenters. The summed E-state index contributed by atoms with van der Waals surface area (Å²) in [6.07, 6.45) is 1.52. The smallest absolute Gasteiger partial charge is 0.404 e. The maximum atomic E-state index is 10.7. The first kappa shape index (κ1) is 15.8. The van der Waals surface area contributed by atoms with Crippen LogP contribution in [0.2, 0.25) is 0 Å². The number of amides is 1. The van der Waals surface area contributed by atoms with Crippen molar-refractivity contribution in [1.29, 1.82) is 0 Å². The van der Waals surface area contributed by atoms with E-state index in [2.05, 4.69) is 22.8 Å². The number of ether oxygens (including phenoxy) is 1. The maximum Gasteiger partial charge on any atom is 0.404 e. The van der Waals surface area contributed by atoms with Crippen molar-refractivity contribution in [2.24, 2.45) is 5.73 Å². The zero-order valence-electron chi connectivity index (χ0n) is 13.6. The molecule has 2 aromatic heterocycles. The van der Waals surface area contributed by atoms with Crippen LogP contribution < -0.4 is 11.1 Å². The fraction of sp³-hybridized carbons (Fsp3) is 0.278. The Kier molecular flexibility index (Phi) is 4.23. The maximum absolute atomic E-state index is 10.7. The minimum atomic E-state index is -0.770. The highest BCUT2D eigenvalue weighted by molar-refractivity contribution is 7.17. The lowest BCUT2D eigenvalue weighted by Gasteiger charge is -2.10. The number of nitrogens with two attached hydrogens (primary N) is 1. The number of nitrogens with zero attached hydrogens (tertiary/aromatic N) is 2. The van der Waals surface area contributed by atoms with Gasteiger partial charge in [-0.3, -0.25) is 0 Å². The van der Waals surface area contributed by atoms with Gasteiger partial charge >= 0.3 is 6.09 Å². The van der Waals surface area contributed by atoms with Crippen molar-refractivity contribution in [3.05, 3.63) is 41.5 Å². The Morgan fingerprint density at radius 2 is 2.08 bits per heavy atom. The molecule has 1 aliphatic carbocycles. The molecular formula is C18H18N4O2S. The topological polar surface area (TPSA) is 90.1 Å². The summed E-state index contributed by atoms with van der Waals surface area (Å²) in [6, 6.07) is 10.2. The fourth-order valence-corrected chi connectivity index (χ4v) is 3.72. The minimum Gasteiger partial charge on any atom is -0.448 e. The molecule has 0 radical (unpaired) electrons.